The first kappa shape index (κ1) is 31.0. The predicted octanol–water partition coefficient (Wildman–Crippen LogP) is -0.711. The van der Waals surface area contributed by atoms with Crippen molar-refractivity contribution in [3.8, 4) is 11.2 Å². The van der Waals surface area contributed by atoms with Crippen LogP contribution >= 0.6 is 15.2 Å². The molecule has 0 bridgehead atoms. The molecule has 0 heterocycles. The van der Waals surface area contributed by atoms with Gasteiger partial charge in [0.25, 0.3) is 0 Å². The molecule has 5 N–H and O–H groups in total. The zero-order chi connectivity index (χ0) is 21.2. The maximum absolute atomic E-state index is 11.8. The van der Waals surface area contributed by atoms with Gasteiger partial charge in [0.1, 0.15) is 0 Å². The van der Waals surface area contributed by atoms with Gasteiger partial charge in [0.15, 0.2) is 0 Å². The third-order valence-corrected chi connectivity index (χ3v) is 8.60. The van der Waals surface area contributed by atoms with Gasteiger partial charge in [-0.15, -0.1) is 0 Å². The molecule has 0 aliphatic carbocycles. The summed E-state index contributed by atoms with van der Waals surface area (Å²) in [5.41, 5.74) is 0. The predicted molar refractivity (Wildman–Crippen MR) is 102 cm³/mol. The second kappa shape index (κ2) is 14.0. The van der Waals surface area contributed by atoms with E-state index in [0.29, 0.717) is 6.42 Å². The fourth-order valence-corrected chi connectivity index (χ4v) is 5.19. The van der Waals surface area contributed by atoms with Crippen LogP contribution in [0.1, 0.15) is 71.1 Å². The van der Waals surface area contributed by atoms with Crippen LogP contribution in [0.25, 0.3) is 0 Å². The molecule has 0 saturated heterocycles. The van der Waals surface area contributed by atoms with Crippen molar-refractivity contribution in [2.45, 2.75) is 76.2 Å². The second-order valence-corrected chi connectivity index (χ2v) is 12.1. The molecule has 0 aliphatic heterocycles. The van der Waals surface area contributed by atoms with Crippen molar-refractivity contribution < 1.29 is 71.8 Å². The van der Waals surface area contributed by atoms with Crippen molar-refractivity contribution in [1.82, 2.24) is 0 Å². The van der Waals surface area contributed by atoms with Gasteiger partial charge in [0.05, 0.1) is 5.75 Å². The maximum Gasteiger partial charge on any atom is 1.00 e. The second-order valence-electron chi connectivity index (χ2n) is 6.45. The van der Waals surface area contributed by atoms with Crippen molar-refractivity contribution in [2.75, 3.05) is 5.75 Å². The van der Waals surface area contributed by atoms with Gasteiger partial charge in [-0.25, -0.2) is 8.42 Å². The van der Waals surface area contributed by atoms with E-state index in [0.717, 1.165) is 25.7 Å². The first-order valence-corrected chi connectivity index (χ1v) is 13.7. The number of hydrogen-bond donors (Lipinski definition) is 5. The zero-order valence-electron chi connectivity index (χ0n) is 16.4. The number of hydrogen-bond acceptors (Lipinski definition) is 5. The molecule has 0 aliphatic rings. The summed E-state index contributed by atoms with van der Waals surface area (Å²) in [5, 5.41) is 6.92. The Kier molecular flexibility index (Phi) is 15.4. The first-order chi connectivity index (χ1) is 12.3. The Morgan fingerprint density at radius 3 is 1.50 bits per heavy atom. The van der Waals surface area contributed by atoms with Crippen molar-refractivity contribution in [1.29, 1.82) is 0 Å². The number of aliphatic hydroxyl groups is 1. The largest absolute Gasteiger partial charge is 1.00 e. The molecule has 0 fully saturated rings. The van der Waals surface area contributed by atoms with E-state index in [2.05, 4.69) is 6.92 Å². The molecule has 0 aromatic rings. The third kappa shape index (κ3) is 11.8. The van der Waals surface area contributed by atoms with Gasteiger partial charge in [0, 0.05) is 5.25 Å². The molecule has 28 heavy (non-hydrogen) atoms. The molecule has 160 valence electrons. The Morgan fingerprint density at radius 1 is 0.786 bits per heavy atom. The van der Waals surface area contributed by atoms with Crippen molar-refractivity contribution in [3.05, 3.63) is 0 Å². The molecule has 0 spiro atoms. The van der Waals surface area contributed by atoms with Gasteiger partial charge in [-0.05, 0) is 12.3 Å². The number of rotatable bonds is 13. The van der Waals surface area contributed by atoms with E-state index in [-0.39, 0.29) is 36.0 Å². The molecule has 0 amide bonds. The van der Waals surface area contributed by atoms with Gasteiger partial charge in [-0.2, -0.15) is 0 Å². The summed E-state index contributed by atoms with van der Waals surface area (Å²) in [4.78, 5) is 35.6. The van der Waals surface area contributed by atoms with Crippen molar-refractivity contribution in [2.24, 2.45) is 0 Å². The molecule has 9 nitrogen and oxygen atoms in total. The van der Waals surface area contributed by atoms with E-state index < -0.39 is 35.9 Å². The quantitative estimate of drug-likeness (QED) is 0.0766. The van der Waals surface area contributed by atoms with Crippen molar-refractivity contribution >= 4 is 25.0 Å². The normalized spacial score (nSPS) is 12.8. The van der Waals surface area contributed by atoms with Crippen LogP contribution in [0.5, 0.6) is 0 Å². The summed E-state index contributed by atoms with van der Waals surface area (Å²) >= 11 is 0. The monoisotopic (exact) mass is 471 g/mol. The minimum atomic E-state index is -5.80. The third-order valence-electron chi connectivity index (χ3n) is 3.95. The van der Waals surface area contributed by atoms with Crippen LogP contribution in [0.3, 0.4) is 0 Å². The van der Waals surface area contributed by atoms with Crippen LogP contribution in [0, 0.1) is 11.2 Å². The van der Waals surface area contributed by atoms with Gasteiger partial charge in [0.2, 0.25) is 9.84 Å². The molecule has 13 heteroatoms. The van der Waals surface area contributed by atoms with E-state index in [1.54, 1.807) is 0 Å². The molecule has 0 radical (unpaired) electrons. The van der Waals surface area contributed by atoms with E-state index >= 15 is 0 Å². The van der Waals surface area contributed by atoms with Crippen LogP contribution in [0.2, 0.25) is 0 Å². The summed E-state index contributed by atoms with van der Waals surface area (Å²) in [7, 11) is -15.7. The SMILES string of the molecule is CCCCCCCCCCCCS(=O)(=O)C#CC(O)(P(=O)(O)O)P(=O)(O)O.[Na+]. The standard InChI is InChI=1S/C15H30O9P2S.Na/c1-2-3-4-5-6-7-8-9-10-11-13-27(23,24)14-12-15(16,25(17,18)19)26(20,21)22;/h16H,2-11,13H2,1H3,(H2,17,18,19)(H2,20,21,22);/q;+1. The molecular weight excluding hydrogens is 441 g/mol. The zero-order valence-corrected chi connectivity index (χ0v) is 21.1. The Hall–Kier alpha value is 0.770. The van der Waals surface area contributed by atoms with Crippen molar-refractivity contribution in [3.63, 3.8) is 0 Å². The molecule has 0 aromatic carbocycles. The molecule has 0 unspecified atom stereocenters. The number of sulfone groups is 1. The Bertz CT molecular complexity index is 681. The fraction of sp³-hybridized carbons (Fsp3) is 0.867. The van der Waals surface area contributed by atoms with E-state index in [1.165, 1.54) is 36.9 Å². The Morgan fingerprint density at radius 2 is 1.14 bits per heavy atom. The molecular formula is C15H30NaO9P2S+. The summed E-state index contributed by atoms with van der Waals surface area (Å²) in [6.45, 7) is 2.15. The molecule has 0 atom stereocenters. The smallest absolute Gasteiger partial charge is 0.358 e. The van der Waals surface area contributed by atoms with Crippen LogP contribution in [0.4, 0.5) is 0 Å². The van der Waals surface area contributed by atoms with Gasteiger partial charge >= 0.3 is 49.8 Å². The number of unbranched alkanes of at least 4 members (excludes halogenated alkanes) is 9. The Labute approximate surface area is 189 Å². The average molecular weight is 471 g/mol. The molecule has 0 saturated carbocycles. The summed E-state index contributed by atoms with van der Waals surface area (Å²) in [6, 6.07) is 0. The summed E-state index contributed by atoms with van der Waals surface area (Å²) < 4.78 is 45.8. The molecule has 0 aromatic heterocycles. The van der Waals surface area contributed by atoms with Gasteiger partial charge in [-0.3, -0.25) is 9.13 Å². The van der Waals surface area contributed by atoms with Gasteiger partial charge in [-0.1, -0.05) is 64.7 Å². The van der Waals surface area contributed by atoms with Crippen LogP contribution in [-0.2, 0) is 19.0 Å². The Balaban J connectivity index is 0. The van der Waals surface area contributed by atoms with E-state index in [1.807, 2.05) is 0 Å². The fourth-order valence-electron chi connectivity index (χ4n) is 2.29. The van der Waals surface area contributed by atoms with Crippen LogP contribution in [0.15, 0.2) is 0 Å². The summed E-state index contributed by atoms with van der Waals surface area (Å²) in [6.07, 6.45) is 9.77. The van der Waals surface area contributed by atoms with Crippen LogP contribution in [-0.4, -0.2) is 43.9 Å². The minimum absolute atomic E-state index is 0. The van der Waals surface area contributed by atoms with E-state index in [9.17, 15) is 22.7 Å². The average Bonchev–Trinajstić information content (AvgIpc) is 2.52. The molecule has 0 rings (SSSR count). The first-order valence-electron chi connectivity index (χ1n) is 8.87. The topological polar surface area (TPSA) is 169 Å². The van der Waals surface area contributed by atoms with Gasteiger partial charge < -0.3 is 24.7 Å². The minimum Gasteiger partial charge on any atom is -0.358 e. The maximum atomic E-state index is 11.8. The van der Waals surface area contributed by atoms with Crippen LogP contribution < -0.4 is 29.6 Å². The van der Waals surface area contributed by atoms with E-state index in [4.69, 9.17) is 19.6 Å². The summed E-state index contributed by atoms with van der Waals surface area (Å²) in [5.74, 6) is 0.771.